The van der Waals surface area contributed by atoms with Crippen molar-refractivity contribution in [1.29, 1.82) is 0 Å². The highest BCUT2D eigenvalue weighted by atomic mass is 14.2. The van der Waals surface area contributed by atoms with Crippen molar-refractivity contribution in [1.82, 2.24) is 0 Å². The Morgan fingerprint density at radius 3 is 2.27 bits per heavy atom. The first-order valence-corrected chi connectivity index (χ1v) is 5.71. The van der Waals surface area contributed by atoms with Gasteiger partial charge in [0.2, 0.25) is 0 Å². The Kier molecular flexibility index (Phi) is 4.14. The normalized spacial score (nSPS) is 14.4. The molecule has 0 spiro atoms. The SMILES string of the molecule is CC(/C=C/c1ccccc1)CC(C)(C)C. The monoisotopic (exact) mass is 202 g/mol. The molecule has 0 heterocycles. The van der Waals surface area contributed by atoms with Crippen LogP contribution in [0.1, 0.15) is 39.7 Å². The summed E-state index contributed by atoms with van der Waals surface area (Å²) in [5.74, 6) is 0.644. The average Bonchev–Trinajstić information content (AvgIpc) is 2.14. The molecule has 1 rings (SSSR count). The molecule has 0 aliphatic carbocycles. The van der Waals surface area contributed by atoms with E-state index < -0.39 is 0 Å². The summed E-state index contributed by atoms with van der Waals surface area (Å²) < 4.78 is 0. The van der Waals surface area contributed by atoms with Crippen LogP contribution in [0.2, 0.25) is 0 Å². The maximum absolute atomic E-state index is 2.31. The summed E-state index contributed by atoms with van der Waals surface area (Å²) in [5.41, 5.74) is 1.71. The number of rotatable bonds is 3. The third-order valence-corrected chi connectivity index (χ3v) is 2.35. The Balaban J connectivity index is 2.52. The third-order valence-electron chi connectivity index (χ3n) is 2.35. The zero-order chi connectivity index (χ0) is 11.3. The Bertz CT molecular complexity index is 301. The maximum atomic E-state index is 2.31. The van der Waals surface area contributed by atoms with Crippen LogP contribution < -0.4 is 0 Å². The molecule has 0 bridgehead atoms. The highest BCUT2D eigenvalue weighted by Crippen LogP contribution is 2.25. The summed E-state index contributed by atoms with van der Waals surface area (Å²) in [4.78, 5) is 0. The van der Waals surface area contributed by atoms with Crippen molar-refractivity contribution in [2.75, 3.05) is 0 Å². The largest absolute Gasteiger partial charge is 0.0811 e. The van der Waals surface area contributed by atoms with Gasteiger partial charge in [-0.25, -0.2) is 0 Å². The quantitative estimate of drug-likeness (QED) is 0.662. The second-order valence-electron chi connectivity index (χ2n) is 5.51. The van der Waals surface area contributed by atoms with E-state index >= 15 is 0 Å². The Labute approximate surface area is 94.0 Å². The molecule has 0 aliphatic heterocycles. The Morgan fingerprint density at radius 1 is 1.13 bits per heavy atom. The molecule has 0 N–H and O–H groups in total. The molecule has 1 aromatic rings. The molecular formula is C15H22. The average molecular weight is 202 g/mol. The standard InChI is InChI=1S/C15H22/c1-13(12-15(2,3)4)10-11-14-8-6-5-7-9-14/h5-11,13H,12H2,1-4H3/b11-10+. The van der Waals surface area contributed by atoms with Gasteiger partial charge in [-0.05, 0) is 23.3 Å². The van der Waals surface area contributed by atoms with Gasteiger partial charge in [-0.2, -0.15) is 0 Å². The van der Waals surface area contributed by atoms with Crippen molar-refractivity contribution in [3.63, 3.8) is 0 Å². The molecule has 1 atom stereocenters. The van der Waals surface area contributed by atoms with Gasteiger partial charge < -0.3 is 0 Å². The van der Waals surface area contributed by atoms with E-state index in [1.165, 1.54) is 12.0 Å². The van der Waals surface area contributed by atoms with E-state index in [-0.39, 0.29) is 0 Å². The molecule has 1 unspecified atom stereocenters. The van der Waals surface area contributed by atoms with Crippen molar-refractivity contribution in [2.24, 2.45) is 11.3 Å². The van der Waals surface area contributed by atoms with Gasteiger partial charge in [0.15, 0.2) is 0 Å². The third kappa shape index (κ3) is 5.41. The summed E-state index contributed by atoms with van der Waals surface area (Å²) in [6.07, 6.45) is 5.76. The first-order valence-electron chi connectivity index (χ1n) is 5.71. The van der Waals surface area contributed by atoms with Gasteiger partial charge in [0.25, 0.3) is 0 Å². The lowest BCUT2D eigenvalue weighted by Gasteiger charge is -2.21. The fourth-order valence-electron chi connectivity index (χ4n) is 1.87. The summed E-state index contributed by atoms with van der Waals surface area (Å²) in [5, 5.41) is 0. The van der Waals surface area contributed by atoms with Crippen LogP contribution in [0.25, 0.3) is 6.08 Å². The van der Waals surface area contributed by atoms with Crippen LogP contribution in [0.15, 0.2) is 36.4 Å². The number of benzene rings is 1. The summed E-state index contributed by atoms with van der Waals surface area (Å²) in [6, 6.07) is 10.5. The number of allylic oxidation sites excluding steroid dienone is 1. The van der Waals surface area contributed by atoms with E-state index in [9.17, 15) is 0 Å². The van der Waals surface area contributed by atoms with Crippen molar-refractivity contribution in [3.05, 3.63) is 42.0 Å². The molecule has 0 heteroatoms. The Hall–Kier alpha value is -1.04. The van der Waals surface area contributed by atoms with E-state index in [2.05, 4.69) is 70.2 Å². The van der Waals surface area contributed by atoms with Gasteiger partial charge in [-0.3, -0.25) is 0 Å². The van der Waals surface area contributed by atoms with Crippen LogP contribution in [0.4, 0.5) is 0 Å². The summed E-state index contributed by atoms with van der Waals surface area (Å²) in [6.45, 7) is 9.16. The smallest absolute Gasteiger partial charge is 0.0254 e. The lowest BCUT2D eigenvalue weighted by atomic mass is 9.85. The molecule has 15 heavy (non-hydrogen) atoms. The van der Waals surface area contributed by atoms with E-state index in [1.54, 1.807) is 0 Å². The minimum absolute atomic E-state index is 0.417. The van der Waals surface area contributed by atoms with Gasteiger partial charge in [0, 0.05) is 0 Å². The molecule has 0 amide bonds. The second kappa shape index (κ2) is 5.16. The second-order valence-corrected chi connectivity index (χ2v) is 5.51. The summed E-state index contributed by atoms with van der Waals surface area (Å²) >= 11 is 0. The summed E-state index contributed by atoms with van der Waals surface area (Å²) in [7, 11) is 0. The first-order chi connectivity index (χ1) is 6.97. The van der Waals surface area contributed by atoms with Gasteiger partial charge >= 0.3 is 0 Å². The molecule has 0 fully saturated rings. The predicted molar refractivity (Wildman–Crippen MR) is 68.7 cm³/mol. The zero-order valence-electron chi connectivity index (χ0n) is 10.3. The number of hydrogen-bond donors (Lipinski definition) is 0. The fraction of sp³-hybridized carbons (Fsp3) is 0.467. The topological polar surface area (TPSA) is 0 Å². The van der Waals surface area contributed by atoms with Crippen LogP contribution in [-0.4, -0.2) is 0 Å². The van der Waals surface area contributed by atoms with Crippen LogP contribution in [0.3, 0.4) is 0 Å². The van der Waals surface area contributed by atoms with Gasteiger partial charge in [-0.15, -0.1) is 0 Å². The van der Waals surface area contributed by atoms with E-state index in [0.29, 0.717) is 11.3 Å². The minimum Gasteiger partial charge on any atom is -0.0811 e. The van der Waals surface area contributed by atoms with E-state index in [4.69, 9.17) is 0 Å². The van der Waals surface area contributed by atoms with Gasteiger partial charge in [0.1, 0.15) is 0 Å². The van der Waals surface area contributed by atoms with E-state index in [1.807, 2.05) is 0 Å². The van der Waals surface area contributed by atoms with E-state index in [0.717, 1.165) is 0 Å². The molecule has 0 saturated carbocycles. The fourth-order valence-corrected chi connectivity index (χ4v) is 1.87. The molecule has 0 nitrogen and oxygen atoms in total. The lowest BCUT2D eigenvalue weighted by molar-refractivity contribution is 0.337. The first kappa shape index (κ1) is 12.0. The van der Waals surface area contributed by atoms with Crippen molar-refractivity contribution in [3.8, 4) is 0 Å². The molecule has 1 aromatic carbocycles. The van der Waals surface area contributed by atoms with Crippen LogP contribution in [-0.2, 0) is 0 Å². The molecule has 82 valence electrons. The molecule has 0 aliphatic rings. The molecule has 0 saturated heterocycles. The predicted octanol–water partition coefficient (Wildman–Crippen LogP) is 4.77. The van der Waals surface area contributed by atoms with Crippen LogP contribution >= 0.6 is 0 Å². The lowest BCUT2D eigenvalue weighted by Crippen LogP contribution is -2.09. The Morgan fingerprint density at radius 2 is 1.73 bits per heavy atom. The van der Waals surface area contributed by atoms with Crippen molar-refractivity contribution >= 4 is 6.08 Å². The zero-order valence-corrected chi connectivity index (χ0v) is 10.3. The maximum Gasteiger partial charge on any atom is -0.0254 e. The van der Waals surface area contributed by atoms with Crippen molar-refractivity contribution < 1.29 is 0 Å². The van der Waals surface area contributed by atoms with Crippen molar-refractivity contribution in [2.45, 2.75) is 34.1 Å². The van der Waals surface area contributed by atoms with Gasteiger partial charge in [0.05, 0.1) is 0 Å². The molecule has 0 radical (unpaired) electrons. The highest BCUT2D eigenvalue weighted by Gasteiger charge is 2.12. The highest BCUT2D eigenvalue weighted by molar-refractivity contribution is 5.48. The minimum atomic E-state index is 0.417. The van der Waals surface area contributed by atoms with Crippen LogP contribution in [0, 0.1) is 11.3 Å². The van der Waals surface area contributed by atoms with Gasteiger partial charge in [-0.1, -0.05) is 70.2 Å². The van der Waals surface area contributed by atoms with Crippen LogP contribution in [0.5, 0.6) is 0 Å². The molecule has 0 aromatic heterocycles. The number of hydrogen-bond acceptors (Lipinski definition) is 0. The molecular weight excluding hydrogens is 180 g/mol.